The molecule has 2 rings (SSSR count). The van der Waals surface area contributed by atoms with Crippen molar-refractivity contribution in [2.24, 2.45) is 0 Å². The van der Waals surface area contributed by atoms with Gasteiger partial charge in [0, 0.05) is 5.69 Å². The number of carbonyl (C=O) groups is 2. The molecule has 1 unspecified atom stereocenters. The third-order valence-electron chi connectivity index (χ3n) is 3.88. The van der Waals surface area contributed by atoms with E-state index in [4.69, 9.17) is 27.9 Å². The van der Waals surface area contributed by atoms with E-state index >= 15 is 0 Å². The molecular formula is C21H20Cl2N2O8. The number of hydrogen-bond donors (Lipinski definition) is 1. The first-order chi connectivity index (χ1) is 15.8. The molecule has 0 saturated heterocycles. The van der Waals surface area contributed by atoms with E-state index in [1.54, 1.807) is 42.5 Å². The van der Waals surface area contributed by atoms with Gasteiger partial charge in [-0.3, -0.25) is 9.63 Å². The number of hydrogen-bond acceptors (Lipinski definition) is 9. The topological polar surface area (TPSA) is 126 Å². The third kappa shape index (κ3) is 9.26. The van der Waals surface area contributed by atoms with Crippen molar-refractivity contribution >= 4 is 46.7 Å². The molecule has 2 aromatic carbocycles. The molecule has 0 amide bonds. The lowest BCUT2D eigenvalue weighted by Crippen LogP contribution is -2.21. The molecule has 0 spiro atoms. The molecule has 0 aromatic heterocycles. The number of esters is 1. The van der Waals surface area contributed by atoms with E-state index in [2.05, 4.69) is 19.6 Å². The average Bonchev–Trinajstić information content (AvgIpc) is 2.73. The van der Waals surface area contributed by atoms with Crippen molar-refractivity contribution in [3.8, 4) is 0 Å². The molecule has 0 saturated carbocycles. The maximum Gasteiger partial charge on any atom is 0.510 e. The quantitative estimate of drug-likeness (QED) is 0.148. The van der Waals surface area contributed by atoms with Crippen LogP contribution in [0.3, 0.4) is 0 Å². The Kier molecular flexibility index (Phi) is 10.3. The summed E-state index contributed by atoms with van der Waals surface area (Å²) >= 11 is 12.4. The van der Waals surface area contributed by atoms with Crippen LogP contribution < -0.4 is 5.32 Å². The highest BCUT2D eigenvalue weighted by atomic mass is 35.5. The van der Waals surface area contributed by atoms with Crippen LogP contribution in [0.1, 0.15) is 12.5 Å². The predicted molar refractivity (Wildman–Crippen MR) is 120 cm³/mol. The molecule has 1 N–H and O–H groups in total. The lowest BCUT2D eigenvalue weighted by atomic mass is 10.1. The Hall–Kier alpha value is -3.50. The Labute approximate surface area is 199 Å². The van der Waals surface area contributed by atoms with Gasteiger partial charge < -0.3 is 19.5 Å². The highest BCUT2D eigenvalue weighted by Crippen LogP contribution is 2.33. The largest absolute Gasteiger partial charge is 0.510 e. The van der Waals surface area contributed by atoms with Crippen molar-refractivity contribution in [1.82, 2.24) is 0 Å². The summed E-state index contributed by atoms with van der Waals surface area (Å²) in [7, 11) is 0. The van der Waals surface area contributed by atoms with Crippen LogP contribution in [0.2, 0.25) is 10.0 Å². The molecule has 0 heterocycles. The van der Waals surface area contributed by atoms with Gasteiger partial charge in [-0.05, 0) is 42.8 Å². The molecule has 33 heavy (non-hydrogen) atoms. The number of nitrogens with one attached hydrogen (secondary N) is 1. The maximum atomic E-state index is 12.2. The van der Waals surface area contributed by atoms with E-state index < -0.39 is 23.5 Å². The number of rotatable bonds is 11. The van der Waals surface area contributed by atoms with E-state index in [-0.39, 0.29) is 19.6 Å². The lowest BCUT2D eigenvalue weighted by Gasteiger charge is -2.14. The number of benzene rings is 2. The number of ether oxygens (including phenoxy) is 3. The van der Waals surface area contributed by atoms with Crippen molar-refractivity contribution in [2.75, 3.05) is 18.5 Å². The summed E-state index contributed by atoms with van der Waals surface area (Å²) < 4.78 is 14.3. The van der Waals surface area contributed by atoms with E-state index in [1.807, 2.05) is 0 Å². The number of anilines is 2. The van der Waals surface area contributed by atoms with Crippen molar-refractivity contribution in [1.29, 1.82) is 0 Å². The van der Waals surface area contributed by atoms with Crippen LogP contribution in [0.5, 0.6) is 0 Å². The molecule has 0 aliphatic rings. The van der Waals surface area contributed by atoms with Gasteiger partial charge in [0.2, 0.25) is 6.29 Å². The summed E-state index contributed by atoms with van der Waals surface area (Å²) in [6, 6.07) is 12.3. The smallest absolute Gasteiger partial charge is 0.461 e. The van der Waals surface area contributed by atoms with Gasteiger partial charge in [0.25, 0.3) is 5.09 Å². The summed E-state index contributed by atoms with van der Waals surface area (Å²) in [4.78, 5) is 37.6. The molecule has 0 fully saturated rings. The van der Waals surface area contributed by atoms with E-state index in [1.165, 1.54) is 12.2 Å². The number of halogens is 2. The summed E-state index contributed by atoms with van der Waals surface area (Å²) in [5, 5.41) is 13.0. The monoisotopic (exact) mass is 498 g/mol. The lowest BCUT2D eigenvalue weighted by molar-refractivity contribution is -0.777. The molecule has 0 aliphatic heterocycles. The van der Waals surface area contributed by atoms with Crippen LogP contribution in [0, 0.1) is 10.1 Å². The van der Waals surface area contributed by atoms with Gasteiger partial charge in [0.05, 0.1) is 22.2 Å². The molecule has 0 radical (unpaired) electrons. The molecule has 10 nitrogen and oxygen atoms in total. The van der Waals surface area contributed by atoms with Gasteiger partial charge in [-0.2, -0.15) is 0 Å². The van der Waals surface area contributed by atoms with Gasteiger partial charge in [-0.15, -0.1) is 10.1 Å². The SMILES string of the molecule is CC(OC(=O)OCC=CCOC(=O)Cc1ccccc1Nc1c(Cl)cccc1Cl)O[N+](=O)[O-]. The minimum absolute atomic E-state index is 0.00372. The fraction of sp³-hybridized carbons (Fsp3) is 0.238. The summed E-state index contributed by atoms with van der Waals surface area (Å²) in [6.45, 7) is 0.924. The second-order valence-electron chi connectivity index (χ2n) is 6.29. The van der Waals surface area contributed by atoms with Crippen molar-refractivity contribution in [3.63, 3.8) is 0 Å². The van der Waals surface area contributed by atoms with Crippen LogP contribution >= 0.6 is 23.2 Å². The van der Waals surface area contributed by atoms with Crippen molar-refractivity contribution < 1.29 is 33.7 Å². The second kappa shape index (κ2) is 13.1. The Balaban J connectivity index is 1.78. The van der Waals surface area contributed by atoms with Crippen LogP contribution in [0.4, 0.5) is 16.2 Å². The third-order valence-corrected chi connectivity index (χ3v) is 4.51. The molecule has 0 bridgehead atoms. The van der Waals surface area contributed by atoms with E-state index in [0.29, 0.717) is 27.0 Å². The zero-order chi connectivity index (χ0) is 24.2. The van der Waals surface area contributed by atoms with E-state index in [9.17, 15) is 19.7 Å². The molecule has 2 aromatic rings. The molecule has 12 heteroatoms. The normalized spacial score (nSPS) is 11.5. The number of para-hydroxylation sites is 2. The Morgan fingerprint density at radius 2 is 1.70 bits per heavy atom. The van der Waals surface area contributed by atoms with Gasteiger partial charge in [-0.25, -0.2) is 4.79 Å². The van der Waals surface area contributed by atoms with Gasteiger partial charge in [-0.1, -0.05) is 47.5 Å². The van der Waals surface area contributed by atoms with Crippen LogP contribution in [0.25, 0.3) is 0 Å². The highest BCUT2D eigenvalue weighted by molar-refractivity contribution is 6.39. The van der Waals surface area contributed by atoms with Gasteiger partial charge >= 0.3 is 12.1 Å². The first kappa shape index (κ1) is 25.8. The van der Waals surface area contributed by atoms with Crippen LogP contribution in [0.15, 0.2) is 54.6 Å². The maximum absolute atomic E-state index is 12.2. The predicted octanol–water partition coefficient (Wildman–Crippen LogP) is 5.09. The fourth-order valence-corrected chi connectivity index (χ4v) is 2.95. The fourth-order valence-electron chi connectivity index (χ4n) is 2.46. The van der Waals surface area contributed by atoms with Crippen molar-refractivity contribution in [2.45, 2.75) is 19.6 Å². The second-order valence-corrected chi connectivity index (χ2v) is 7.10. The minimum Gasteiger partial charge on any atom is -0.461 e. The van der Waals surface area contributed by atoms with Crippen molar-refractivity contribution in [3.05, 3.63) is 80.3 Å². The zero-order valence-corrected chi connectivity index (χ0v) is 18.9. The molecular weight excluding hydrogens is 479 g/mol. The first-order valence-electron chi connectivity index (χ1n) is 9.50. The number of carbonyl (C=O) groups excluding carboxylic acids is 2. The van der Waals surface area contributed by atoms with Crippen LogP contribution in [-0.4, -0.2) is 36.7 Å². The van der Waals surface area contributed by atoms with Gasteiger partial charge in [0.15, 0.2) is 0 Å². The van der Waals surface area contributed by atoms with Crippen LogP contribution in [-0.2, 0) is 30.3 Å². The summed E-state index contributed by atoms with van der Waals surface area (Å²) in [6.07, 6.45) is 0.339. The molecule has 1 atom stereocenters. The average molecular weight is 499 g/mol. The molecule has 0 aliphatic carbocycles. The summed E-state index contributed by atoms with van der Waals surface area (Å²) in [5.41, 5.74) is 1.87. The number of nitrogens with zero attached hydrogens (tertiary/aromatic N) is 1. The Morgan fingerprint density at radius 1 is 1.06 bits per heavy atom. The first-order valence-corrected chi connectivity index (χ1v) is 10.3. The molecule has 176 valence electrons. The summed E-state index contributed by atoms with van der Waals surface area (Å²) in [5.74, 6) is -0.481. The van der Waals surface area contributed by atoms with E-state index in [0.717, 1.165) is 6.92 Å². The Morgan fingerprint density at radius 3 is 2.36 bits per heavy atom. The standard InChI is InChI=1S/C21H20Cl2N2O8/c1-14(33-25(28)29)32-21(27)31-12-5-4-11-30-19(26)13-15-7-2-3-10-18(15)24-20-16(22)8-6-9-17(20)23/h2-10,14,24H,11-13H2,1H3. The Bertz CT molecular complexity index is 995. The minimum atomic E-state index is -1.40. The highest BCUT2D eigenvalue weighted by Gasteiger charge is 2.14. The zero-order valence-electron chi connectivity index (χ0n) is 17.4. The van der Waals surface area contributed by atoms with Gasteiger partial charge in [0.1, 0.15) is 13.2 Å².